The van der Waals surface area contributed by atoms with E-state index in [0.29, 0.717) is 12.1 Å². The second-order valence-corrected chi connectivity index (χ2v) is 20.1. The van der Waals surface area contributed by atoms with Gasteiger partial charge >= 0.3 is 0 Å². The first-order valence-electron chi connectivity index (χ1n) is 12.7. The molecule has 0 bridgehead atoms. The van der Waals surface area contributed by atoms with Crippen molar-refractivity contribution in [2.75, 3.05) is 13.1 Å². The summed E-state index contributed by atoms with van der Waals surface area (Å²) in [5, 5.41) is 0. The molecule has 0 amide bonds. The molecule has 30 heavy (non-hydrogen) atoms. The highest BCUT2D eigenvalue weighted by molar-refractivity contribution is 6.84. The van der Waals surface area contributed by atoms with E-state index in [2.05, 4.69) is 26.2 Å². The lowest BCUT2D eigenvalue weighted by Crippen LogP contribution is -2.44. The molecular formula is C23H54N4OSi2. The van der Waals surface area contributed by atoms with Gasteiger partial charge in [0.25, 0.3) is 0 Å². The Hall–Kier alpha value is 0.234. The van der Waals surface area contributed by atoms with Gasteiger partial charge in [-0.1, -0.05) is 0 Å². The van der Waals surface area contributed by atoms with Gasteiger partial charge in [-0.25, -0.2) is 0 Å². The molecule has 2 aliphatic rings. The first-order chi connectivity index (χ1) is 14.1. The van der Waals surface area contributed by atoms with Crippen LogP contribution in [-0.4, -0.2) is 41.8 Å². The third-order valence-electron chi connectivity index (χ3n) is 6.97. The molecule has 0 spiro atoms. The monoisotopic (exact) mass is 458 g/mol. The van der Waals surface area contributed by atoms with Crippen LogP contribution >= 0.6 is 0 Å². The summed E-state index contributed by atoms with van der Waals surface area (Å²) in [4.78, 5) is 0. The molecule has 2 fully saturated rings. The van der Waals surface area contributed by atoms with Crippen LogP contribution in [0.25, 0.3) is 0 Å². The molecular weight excluding hydrogens is 404 g/mol. The molecule has 0 aromatic heterocycles. The maximum Gasteiger partial charge on any atom is 0.173 e. The molecule has 2 saturated carbocycles. The van der Waals surface area contributed by atoms with Crippen molar-refractivity contribution in [1.82, 2.24) is 0 Å². The largest absolute Gasteiger partial charge is 0.455 e. The Morgan fingerprint density at radius 3 is 1.27 bits per heavy atom. The topological polar surface area (TPSA) is 113 Å². The summed E-state index contributed by atoms with van der Waals surface area (Å²) in [5.41, 5.74) is 22.9. The van der Waals surface area contributed by atoms with Crippen molar-refractivity contribution < 1.29 is 4.12 Å². The van der Waals surface area contributed by atoms with E-state index in [4.69, 9.17) is 27.0 Å². The first kappa shape index (κ1) is 28.3. The minimum atomic E-state index is -1.47. The van der Waals surface area contributed by atoms with Crippen LogP contribution in [0.1, 0.15) is 70.6 Å². The highest BCUT2D eigenvalue weighted by atomic mass is 28.4. The lowest BCUT2D eigenvalue weighted by atomic mass is 9.76. The third-order valence-corrected chi connectivity index (χ3v) is 14.5. The van der Waals surface area contributed by atoms with E-state index in [1.807, 2.05) is 0 Å². The summed E-state index contributed by atoms with van der Waals surface area (Å²) in [6, 6.07) is 3.37. The zero-order chi connectivity index (χ0) is 22.6. The smallest absolute Gasteiger partial charge is 0.173 e. The van der Waals surface area contributed by atoms with Crippen LogP contribution in [0.3, 0.4) is 0 Å². The van der Waals surface area contributed by atoms with Crippen LogP contribution in [0.4, 0.5) is 0 Å². The molecule has 0 atom stereocenters. The van der Waals surface area contributed by atoms with E-state index in [9.17, 15) is 0 Å². The summed E-state index contributed by atoms with van der Waals surface area (Å²) < 4.78 is 6.40. The molecule has 0 aromatic carbocycles. The average Bonchev–Trinajstić information content (AvgIpc) is 2.68. The van der Waals surface area contributed by atoms with Gasteiger partial charge in [0.1, 0.15) is 0 Å². The molecule has 0 heterocycles. The van der Waals surface area contributed by atoms with Crippen molar-refractivity contribution in [3.05, 3.63) is 0 Å². The van der Waals surface area contributed by atoms with Crippen LogP contribution in [0, 0.1) is 11.8 Å². The fourth-order valence-corrected chi connectivity index (χ4v) is 14.1. The summed E-state index contributed by atoms with van der Waals surface area (Å²) in [5.74, 6) is 1.95. The van der Waals surface area contributed by atoms with Gasteiger partial charge in [-0.15, -0.1) is 0 Å². The van der Waals surface area contributed by atoms with Gasteiger partial charge in [-0.05, 0) is 134 Å². The second kappa shape index (κ2) is 14.4. The van der Waals surface area contributed by atoms with Gasteiger partial charge in [0.15, 0.2) is 16.6 Å². The molecule has 0 unspecified atom stereocenters. The minimum absolute atomic E-state index is 0.501. The summed E-state index contributed by atoms with van der Waals surface area (Å²) in [7, 11) is -2.94. The summed E-state index contributed by atoms with van der Waals surface area (Å²) in [6.07, 6.45) is 14.2. The molecule has 8 N–H and O–H groups in total. The Bertz CT molecular complexity index is 397. The van der Waals surface area contributed by atoms with Gasteiger partial charge in [-0.3, -0.25) is 0 Å². The minimum Gasteiger partial charge on any atom is -0.455 e. The zero-order valence-corrected chi connectivity index (χ0v) is 22.6. The zero-order valence-electron chi connectivity index (χ0n) is 20.6. The van der Waals surface area contributed by atoms with Gasteiger partial charge in [-0.2, -0.15) is 0 Å². The molecule has 0 aliphatic heterocycles. The van der Waals surface area contributed by atoms with Gasteiger partial charge < -0.3 is 27.0 Å². The van der Waals surface area contributed by atoms with Crippen molar-refractivity contribution in [1.29, 1.82) is 0 Å². The van der Waals surface area contributed by atoms with E-state index < -0.39 is 16.6 Å². The SMILES string of the molecule is C[Si](C)(CCCN)O[Si](C)(C)CCCN.NC1CCC(CC2CCC(N)CC2)CC1. The number of nitrogens with two attached hydrogens (primary N) is 4. The van der Waals surface area contributed by atoms with Crippen LogP contribution in [-0.2, 0) is 4.12 Å². The maximum absolute atomic E-state index is 6.40. The molecule has 5 nitrogen and oxygen atoms in total. The first-order valence-corrected chi connectivity index (χ1v) is 18.9. The average molecular weight is 459 g/mol. The standard InChI is InChI=1S/C13H26N2.C10H28N2OSi2/c14-12-5-1-10(2-6-12)9-11-3-7-13(15)8-4-11;1-14(2,9-5-7-11)13-15(3,4)10-6-8-12/h10-13H,1-9,14-15H2;5-12H2,1-4H3. The van der Waals surface area contributed by atoms with E-state index in [1.165, 1.54) is 69.9 Å². The second-order valence-electron chi connectivity index (χ2n) is 11.2. The summed E-state index contributed by atoms with van der Waals surface area (Å²) in [6.45, 7) is 10.8. The number of rotatable bonds is 10. The van der Waals surface area contributed by atoms with Crippen LogP contribution < -0.4 is 22.9 Å². The van der Waals surface area contributed by atoms with Crippen molar-refractivity contribution in [2.45, 2.75) is 121 Å². The molecule has 2 rings (SSSR count). The Morgan fingerprint density at radius 2 is 0.967 bits per heavy atom. The Morgan fingerprint density at radius 1 is 0.633 bits per heavy atom. The molecule has 0 radical (unpaired) electrons. The highest BCUT2D eigenvalue weighted by Crippen LogP contribution is 2.34. The lowest BCUT2D eigenvalue weighted by molar-refractivity contribution is 0.225. The van der Waals surface area contributed by atoms with E-state index in [0.717, 1.165) is 37.8 Å². The summed E-state index contributed by atoms with van der Waals surface area (Å²) >= 11 is 0. The van der Waals surface area contributed by atoms with E-state index in [1.54, 1.807) is 0 Å². The quantitative estimate of drug-likeness (QED) is 0.359. The Kier molecular flexibility index (Phi) is 13.6. The van der Waals surface area contributed by atoms with Crippen molar-refractivity contribution in [3.63, 3.8) is 0 Å². The van der Waals surface area contributed by atoms with Gasteiger partial charge in [0, 0.05) is 12.1 Å². The normalized spacial score (nSPS) is 28.0. The highest BCUT2D eigenvalue weighted by Gasteiger charge is 2.31. The molecule has 180 valence electrons. The Labute approximate surface area is 189 Å². The fraction of sp³-hybridized carbons (Fsp3) is 1.00. The fourth-order valence-electron chi connectivity index (χ4n) is 5.22. The number of hydrogen-bond donors (Lipinski definition) is 4. The van der Waals surface area contributed by atoms with Crippen LogP contribution in [0.2, 0.25) is 38.3 Å². The third kappa shape index (κ3) is 12.9. The van der Waals surface area contributed by atoms with Crippen molar-refractivity contribution in [2.24, 2.45) is 34.8 Å². The van der Waals surface area contributed by atoms with E-state index >= 15 is 0 Å². The van der Waals surface area contributed by atoms with Gasteiger partial charge in [0.2, 0.25) is 0 Å². The number of hydrogen-bond acceptors (Lipinski definition) is 5. The lowest BCUT2D eigenvalue weighted by Gasteiger charge is -2.34. The van der Waals surface area contributed by atoms with Crippen LogP contribution in [0.5, 0.6) is 0 Å². The predicted molar refractivity (Wildman–Crippen MR) is 137 cm³/mol. The molecule has 2 aliphatic carbocycles. The van der Waals surface area contributed by atoms with Gasteiger partial charge in [0.05, 0.1) is 0 Å². The van der Waals surface area contributed by atoms with Crippen LogP contribution in [0.15, 0.2) is 0 Å². The predicted octanol–water partition coefficient (Wildman–Crippen LogP) is 4.52. The molecule has 7 heteroatoms. The molecule has 0 saturated heterocycles. The van der Waals surface area contributed by atoms with Crippen molar-refractivity contribution >= 4 is 16.6 Å². The van der Waals surface area contributed by atoms with Crippen molar-refractivity contribution in [3.8, 4) is 0 Å². The maximum atomic E-state index is 6.40. The molecule has 0 aromatic rings. The van der Waals surface area contributed by atoms with E-state index in [-0.39, 0.29) is 0 Å². The Balaban J connectivity index is 0.000000300.